The highest BCUT2D eigenvalue weighted by Crippen LogP contribution is 2.22. The number of hydrogen-bond acceptors (Lipinski definition) is 5. The van der Waals surface area contributed by atoms with Crippen LogP contribution in [0.25, 0.3) is 0 Å². The van der Waals surface area contributed by atoms with E-state index in [1.54, 1.807) is 23.3 Å². The summed E-state index contributed by atoms with van der Waals surface area (Å²) in [5.74, 6) is 0.0265. The van der Waals surface area contributed by atoms with E-state index in [-0.39, 0.29) is 12.0 Å². The molecule has 2 heterocycles. The molecular weight excluding hydrogens is 292 g/mol. The lowest BCUT2D eigenvalue weighted by Gasteiger charge is -2.15. The van der Waals surface area contributed by atoms with E-state index in [9.17, 15) is 4.79 Å². The molecule has 2 aromatic rings. The molecule has 0 aliphatic heterocycles. The van der Waals surface area contributed by atoms with E-state index in [2.05, 4.69) is 4.98 Å². The highest BCUT2D eigenvalue weighted by atomic mass is 32.1. The second kappa shape index (κ2) is 6.97. The molecular formula is C14H18N2O2S2. The van der Waals surface area contributed by atoms with Crippen LogP contribution in [0.4, 0.5) is 0 Å². The molecule has 6 heteroatoms. The first-order valence-electron chi connectivity index (χ1n) is 6.45. The van der Waals surface area contributed by atoms with Crippen LogP contribution in [-0.2, 0) is 11.3 Å². The van der Waals surface area contributed by atoms with Gasteiger partial charge < -0.3 is 9.64 Å². The number of carbonyl (C=O) groups excluding carboxylic acids is 1. The first-order chi connectivity index (χ1) is 9.61. The summed E-state index contributed by atoms with van der Waals surface area (Å²) in [5, 5.41) is 6.72. The van der Waals surface area contributed by atoms with Gasteiger partial charge in [-0.2, -0.15) is 11.3 Å². The summed E-state index contributed by atoms with van der Waals surface area (Å²) in [6.45, 7) is 5.15. The fourth-order valence-corrected chi connectivity index (χ4v) is 3.27. The molecule has 0 radical (unpaired) electrons. The summed E-state index contributed by atoms with van der Waals surface area (Å²) >= 11 is 3.10. The Kier molecular flexibility index (Phi) is 5.28. The molecule has 0 bridgehead atoms. The zero-order chi connectivity index (χ0) is 14.5. The van der Waals surface area contributed by atoms with E-state index in [0.29, 0.717) is 13.2 Å². The van der Waals surface area contributed by atoms with Crippen LogP contribution in [0.5, 0.6) is 0 Å². The van der Waals surface area contributed by atoms with Gasteiger partial charge in [-0.05, 0) is 25.3 Å². The Morgan fingerprint density at radius 2 is 2.30 bits per heavy atom. The van der Waals surface area contributed by atoms with E-state index in [1.165, 1.54) is 11.3 Å². The molecule has 1 atom stereocenters. The summed E-state index contributed by atoms with van der Waals surface area (Å²) in [6.07, 6.45) is 0.0108. The Balaban J connectivity index is 1.98. The third-order valence-corrected chi connectivity index (χ3v) is 4.59. The van der Waals surface area contributed by atoms with Crippen LogP contribution in [0.15, 0.2) is 22.2 Å². The molecule has 0 aliphatic rings. The Bertz CT molecular complexity index is 551. The SMILES string of the molecule is CCOC(C)c1nc(CN(C)C(=O)c2ccsc2)cs1. The molecule has 2 rings (SSSR count). The van der Waals surface area contributed by atoms with Crippen LogP contribution >= 0.6 is 22.7 Å². The Hall–Kier alpha value is -1.24. The maximum absolute atomic E-state index is 12.1. The average Bonchev–Trinajstić information content (AvgIpc) is 3.09. The maximum atomic E-state index is 12.1. The molecule has 0 fully saturated rings. The zero-order valence-electron chi connectivity index (χ0n) is 11.8. The number of ether oxygens (including phenoxy) is 1. The van der Waals surface area contributed by atoms with Crippen molar-refractivity contribution in [1.82, 2.24) is 9.88 Å². The predicted molar refractivity (Wildman–Crippen MR) is 82.3 cm³/mol. The van der Waals surface area contributed by atoms with Crippen molar-refractivity contribution in [1.29, 1.82) is 0 Å². The molecule has 0 saturated carbocycles. The number of rotatable bonds is 6. The standard InChI is InChI=1S/C14H18N2O2S2/c1-4-18-10(2)13-15-12(9-20-13)7-16(3)14(17)11-5-6-19-8-11/h5-6,8-10H,4,7H2,1-3H3. The van der Waals surface area contributed by atoms with Gasteiger partial charge in [0.05, 0.1) is 17.8 Å². The molecule has 4 nitrogen and oxygen atoms in total. The van der Waals surface area contributed by atoms with Gasteiger partial charge in [-0.25, -0.2) is 4.98 Å². The van der Waals surface area contributed by atoms with Gasteiger partial charge in [-0.1, -0.05) is 0 Å². The van der Waals surface area contributed by atoms with Crippen LogP contribution < -0.4 is 0 Å². The van der Waals surface area contributed by atoms with E-state index < -0.39 is 0 Å². The normalized spacial score (nSPS) is 12.3. The van der Waals surface area contributed by atoms with Crippen LogP contribution in [-0.4, -0.2) is 29.4 Å². The molecule has 0 aromatic carbocycles. The Morgan fingerprint density at radius 1 is 1.50 bits per heavy atom. The fourth-order valence-electron chi connectivity index (χ4n) is 1.82. The van der Waals surface area contributed by atoms with Gasteiger partial charge in [0.1, 0.15) is 11.1 Å². The van der Waals surface area contributed by atoms with Crippen molar-refractivity contribution in [2.24, 2.45) is 0 Å². The van der Waals surface area contributed by atoms with Crippen LogP contribution in [0, 0.1) is 0 Å². The highest BCUT2D eigenvalue weighted by Gasteiger charge is 2.15. The number of hydrogen-bond donors (Lipinski definition) is 0. The number of nitrogens with zero attached hydrogens (tertiary/aromatic N) is 2. The minimum absolute atomic E-state index is 0.0108. The van der Waals surface area contributed by atoms with Gasteiger partial charge >= 0.3 is 0 Å². The Morgan fingerprint density at radius 3 is 2.95 bits per heavy atom. The summed E-state index contributed by atoms with van der Waals surface area (Å²) in [5.41, 5.74) is 1.64. The van der Waals surface area contributed by atoms with Gasteiger partial charge in [0.15, 0.2) is 0 Å². The first-order valence-corrected chi connectivity index (χ1v) is 8.27. The summed E-state index contributed by atoms with van der Waals surface area (Å²) in [6, 6.07) is 1.84. The third-order valence-electron chi connectivity index (χ3n) is 2.85. The molecule has 1 amide bonds. The summed E-state index contributed by atoms with van der Waals surface area (Å²) in [7, 11) is 1.80. The number of thiazole rings is 1. The van der Waals surface area contributed by atoms with Gasteiger partial charge in [-0.15, -0.1) is 11.3 Å². The zero-order valence-corrected chi connectivity index (χ0v) is 13.5. The lowest BCUT2D eigenvalue weighted by atomic mass is 10.3. The molecule has 0 saturated heterocycles. The van der Waals surface area contributed by atoms with Crippen LogP contribution in [0.2, 0.25) is 0 Å². The molecule has 0 aliphatic carbocycles. The smallest absolute Gasteiger partial charge is 0.254 e. The molecule has 108 valence electrons. The van der Waals surface area contributed by atoms with Crippen molar-refractivity contribution < 1.29 is 9.53 Å². The van der Waals surface area contributed by atoms with Crippen molar-refractivity contribution in [3.63, 3.8) is 0 Å². The highest BCUT2D eigenvalue weighted by molar-refractivity contribution is 7.09. The lowest BCUT2D eigenvalue weighted by Crippen LogP contribution is -2.25. The fraction of sp³-hybridized carbons (Fsp3) is 0.429. The second-order valence-electron chi connectivity index (χ2n) is 4.45. The second-order valence-corrected chi connectivity index (χ2v) is 6.12. The van der Waals surface area contributed by atoms with E-state index in [0.717, 1.165) is 16.3 Å². The summed E-state index contributed by atoms with van der Waals surface area (Å²) in [4.78, 5) is 18.4. The van der Waals surface area contributed by atoms with E-state index in [1.807, 2.05) is 36.1 Å². The topological polar surface area (TPSA) is 42.4 Å². The minimum Gasteiger partial charge on any atom is -0.372 e. The van der Waals surface area contributed by atoms with E-state index in [4.69, 9.17) is 4.74 Å². The Labute approximate surface area is 127 Å². The molecule has 1 unspecified atom stereocenters. The van der Waals surface area contributed by atoms with Crippen molar-refractivity contribution in [2.45, 2.75) is 26.5 Å². The van der Waals surface area contributed by atoms with Crippen LogP contribution in [0.1, 0.15) is 41.0 Å². The maximum Gasteiger partial charge on any atom is 0.254 e. The average molecular weight is 310 g/mol. The predicted octanol–water partition coefficient (Wildman–Crippen LogP) is 3.57. The third kappa shape index (κ3) is 3.65. The summed E-state index contributed by atoms with van der Waals surface area (Å²) < 4.78 is 5.52. The van der Waals surface area contributed by atoms with E-state index >= 15 is 0 Å². The molecule has 0 spiro atoms. The van der Waals surface area contributed by atoms with Crippen molar-refractivity contribution in [3.8, 4) is 0 Å². The number of amides is 1. The van der Waals surface area contributed by atoms with Crippen molar-refractivity contribution in [2.75, 3.05) is 13.7 Å². The van der Waals surface area contributed by atoms with Gasteiger partial charge in [0, 0.05) is 24.4 Å². The number of carbonyl (C=O) groups is 1. The number of aromatic nitrogens is 1. The molecule has 2 aromatic heterocycles. The molecule has 0 N–H and O–H groups in total. The van der Waals surface area contributed by atoms with Gasteiger partial charge in [0.2, 0.25) is 0 Å². The molecule has 20 heavy (non-hydrogen) atoms. The quantitative estimate of drug-likeness (QED) is 0.819. The number of thiophene rings is 1. The van der Waals surface area contributed by atoms with Crippen molar-refractivity contribution in [3.05, 3.63) is 38.5 Å². The lowest BCUT2D eigenvalue weighted by molar-refractivity contribution is 0.0756. The first kappa shape index (κ1) is 15.2. The van der Waals surface area contributed by atoms with Crippen molar-refractivity contribution >= 4 is 28.6 Å². The van der Waals surface area contributed by atoms with Gasteiger partial charge in [-0.3, -0.25) is 4.79 Å². The van der Waals surface area contributed by atoms with Gasteiger partial charge in [0.25, 0.3) is 5.91 Å². The minimum atomic E-state index is 0.0108. The monoisotopic (exact) mass is 310 g/mol. The van der Waals surface area contributed by atoms with Crippen LogP contribution in [0.3, 0.4) is 0 Å². The largest absolute Gasteiger partial charge is 0.372 e.